The molecule has 2 aromatic carbocycles. The summed E-state index contributed by atoms with van der Waals surface area (Å²) in [5.41, 5.74) is 1.88. The molecule has 40 heavy (non-hydrogen) atoms. The first-order chi connectivity index (χ1) is 18.9. The van der Waals surface area contributed by atoms with Crippen LogP contribution in [-0.2, 0) is 14.8 Å². The van der Waals surface area contributed by atoms with Crippen LogP contribution in [0.1, 0.15) is 55.2 Å². The van der Waals surface area contributed by atoms with Crippen LogP contribution in [0.25, 0.3) is 6.08 Å². The molecule has 2 heterocycles. The van der Waals surface area contributed by atoms with Gasteiger partial charge in [-0.2, -0.15) is 4.31 Å². The Hall–Kier alpha value is -3.38. The molecule has 2 fully saturated rings. The molecule has 3 aliphatic rings. The highest BCUT2D eigenvalue weighted by Crippen LogP contribution is 2.33. The number of alkyl halides is 3. The van der Waals surface area contributed by atoms with Gasteiger partial charge in [-0.1, -0.05) is 31.0 Å². The monoisotopic (exact) mass is 576 g/mol. The van der Waals surface area contributed by atoms with Gasteiger partial charge in [0.15, 0.2) is 0 Å². The summed E-state index contributed by atoms with van der Waals surface area (Å²) in [6, 6.07) is 11.6. The van der Waals surface area contributed by atoms with Gasteiger partial charge < -0.3 is 15.4 Å². The zero-order valence-electron chi connectivity index (χ0n) is 22.0. The van der Waals surface area contributed by atoms with Crippen LogP contribution in [0.5, 0.6) is 5.75 Å². The minimum Gasteiger partial charge on any atom is -0.406 e. The first-order valence-corrected chi connectivity index (χ1v) is 14.8. The topological polar surface area (TPSA) is 100 Å². The van der Waals surface area contributed by atoms with E-state index in [4.69, 9.17) is 0 Å². The lowest BCUT2D eigenvalue weighted by molar-refractivity contribution is -0.274. The predicted molar refractivity (Wildman–Crippen MR) is 146 cm³/mol. The molecule has 8 nitrogen and oxygen atoms in total. The fraction of sp³-hybridized carbons (Fsp3) is 0.429. The predicted octanol–water partition coefficient (Wildman–Crippen LogP) is 4.96. The third-order valence-electron chi connectivity index (χ3n) is 7.65. The number of carbonyl (C=O) groups is 1. The normalized spacial score (nSPS) is 20.2. The molecule has 2 aliphatic heterocycles. The number of halogens is 3. The van der Waals surface area contributed by atoms with E-state index >= 15 is 0 Å². The highest BCUT2D eigenvalue weighted by Gasteiger charge is 2.47. The summed E-state index contributed by atoms with van der Waals surface area (Å²) in [6.07, 6.45) is 1.83. The molecule has 1 saturated carbocycles. The van der Waals surface area contributed by atoms with Gasteiger partial charge in [0.2, 0.25) is 10.0 Å². The summed E-state index contributed by atoms with van der Waals surface area (Å²) in [4.78, 5) is 17.4. The zero-order chi connectivity index (χ0) is 28.5. The molecule has 2 aromatic rings. The van der Waals surface area contributed by atoms with E-state index in [0.29, 0.717) is 6.04 Å². The van der Waals surface area contributed by atoms with E-state index in [0.717, 1.165) is 41.8 Å². The summed E-state index contributed by atoms with van der Waals surface area (Å²) >= 11 is 0. The fourth-order valence-corrected chi connectivity index (χ4v) is 6.63. The molecule has 0 atom stereocenters. The Morgan fingerprint density at radius 3 is 2.52 bits per heavy atom. The van der Waals surface area contributed by atoms with Crippen LogP contribution >= 0.6 is 0 Å². The van der Waals surface area contributed by atoms with Gasteiger partial charge in [-0.15, -0.1) is 13.2 Å². The maximum Gasteiger partial charge on any atom is 0.573 e. The quantitative estimate of drug-likeness (QED) is 0.486. The summed E-state index contributed by atoms with van der Waals surface area (Å²) in [5, 5.41) is 7.37. The van der Waals surface area contributed by atoms with Gasteiger partial charge in [0, 0.05) is 35.8 Å². The second kappa shape index (κ2) is 10.9. The van der Waals surface area contributed by atoms with Crippen LogP contribution in [0.3, 0.4) is 0 Å². The van der Waals surface area contributed by atoms with Crippen molar-refractivity contribution in [3.63, 3.8) is 0 Å². The molecular weight excluding hydrogens is 545 g/mol. The summed E-state index contributed by atoms with van der Waals surface area (Å²) in [5.74, 6) is -0.695. The maximum atomic E-state index is 13.1. The van der Waals surface area contributed by atoms with Crippen molar-refractivity contribution in [2.24, 2.45) is 4.99 Å². The van der Waals surface area contributed by atoms with Crippen LogP contribution in [0.15, 0.2) is 52.9 Å². The Morgan fingerprint density at radius 1 is 1.12 bits per heavy atom. The number of aryl methyl sites for hydroxylation is 1. The van der Waals surface area contributed by atoms with Crippen molar-refractivity contribution in [2.75, 3.05) is 18.4 Å². The van der Waals surface area contributed by atoms with Crippen LogP contribution in [0.2, 0.25) is 0 Å². The van der Waals surface area contributed by atoms with Crippen molar-refractivity contribution < 1.29 is 31.1 Å². The molecule has 1 amide bonds. The maximum absolute atomic E-state index is 13.1. The van der Waals surface area contributed by atoms with E-state index in [9.17, 15) is 26.4 Å². The summed E-state index contributed by atoms with van der Waals surface area (Å²) in [7, 11) is -3.75. The van der Waals surface area contributed by atoms with Gasteiger partial charge in [0.05, 0.1) is 0 Å². The SMILES string of the molecule is Cc1cc(NC2CCCC2)ccc1/C=C/S(=O)(=O)N1CCC2(CC1)N=C(c1cccc(OC(F)(F)F)c1)NC2=O. The molecule has 1 spiro atoms. The number of piperidine rings is 1. The minimum atomic E-state index is -4.85. The number of amides is 1. The van der Waals surface area contributed by atoms with Crippen LogP contribution in [-0.4, -0.2) is 55.5 Å². The number of sulfonamides is 1. The highest BCUT2D eigenvalue weighted by molar-refractivity contribution is 7.92. The number of anilines is 1. The number of carbonyl (C=O) groups excluding carboxylic acids is 1. The standard InChI is InChI=1S/C28H31F3N4O4S/c1-19-17-23(32-22-6-2-3-7-22)10-9-20(19)11-16-40(37,38)35-14-12-27(13-15-35)26(36)33-25(34-27)21-5-4-8-24(18-21)39-28(29,30)31/h4-5,8-11,16-18,22,32H,2-3,6-7,12-15H2,1H3,(H,33,34,36)/b16-11+. The first-order valence-electron chi connectivity index (χ1n) is 13.3. The van der Waals surface area contributed by atoms with Crippen molar-refractivity contribution in [1.82, 2.24) is 9.62 Å². The van der Waals surface area contributed by atoms with E-state index in [-0.39, 0.29) is 37.3 Å². The van der Waals surface area contributed by atoms with E-state index in [2.05, 4.69) is 20.4 Å². The molecule has 1 saturated heterocycles. The number of nitrogens with zero attached hydrogens (tertiary/aromatic N) is 2. The number of aliphatic imine (C=N–C) groups is 1. The number of benzene rings is 2. The van der Waals surface area contributed by atoms with Gasteiger partial charge in [-0.25, -0.2) is 8.42 Å². The van der Waals surface area contributed by atoms with Crippen molar-refractivity contribution in [2.45, 2.75) is 63.4 Å². The largest absolute Gasteiger partial charge is 0.573 e. The first kappa shape index (κ1) is 28.2. The average molecular weight is 577 g/mol. The molecule has 12 heteroatoms. The van der Waals surface area contributed by atoms with Gasteiger partial charge in [0.1, 0.15) is 17.1 Å². The molecule has 0 unspecified atom stereocenters. The Balaban J connectivity index is 1.23. The molecule has 1 aliphatic carbocycles. The number of rotatable bonds is 7. The molecule has 214 valence electrons. The second-order valence-electron chi connectivity index (χ2n) is 10.5. The van der Waals surface area contributed by atoms with E-state index in [1.165, 1.54) is 34.7 Å². The molecule has 0 radical (unpaired) electrons. The number of amidine groups is 1. The van der Waals surface area contributed by atoms with Gasteiger partial charge >= 0.3 is 6.36 Å². The smallest absolute Gasteiger partial charge is 0.406 e. The molecule has 0 bridgehead atoms. The van der Waals surface area contributed by atoms with Gasteiger partial charge in [0.25, 0.3) is 5.91 Å². The Morgan fingerprint density at radius 2 is 1.85 bits per heavy atom. The fourth-order valence-electron chi connectivity index (χ4n) is 5.45. The Labute approximate surface area is 231 Å². The van der Waals surface area contributed by atoms with E-state index < -0.39 is 33.6 Å². The molecule has 5 rings (SSSR count). The number of ether oxygens (including phenoxy) is 1. The van der Waals surface area contributed by atoms with Crippen molar-refractivity contribution in [3.8, 4) is 5.75 Å². The van der Waals surface area contributed by atoms with Crippen molar-refractivity contribution >= 4 is 33.5 Å². The van der Waals surface area contributed by atoms with Crippen LogP contribution < -0.4 is 15.4 Å². The van der Waals surface area contributed by atoms with Crippen LogP contribution in [0, 0.1) is 6.92 Å². The molecule has 0 aromatic heterocycles. The zero-order valence-corrected chi connectivity index (χ0v) is 22.8. The number of nitrogens with one attached hydrogen (secondary N) is 2. The minimum absolute atomic E-state index is 0.0807. The highest BCUT2D eigenvalue weighted by atomic mass is 32.2. The second-order valence-corrected chi connectivity index (χ2v) is 12.3. The summed E-state index contributed by atoms with van der Waals surface area (Å²) < 4.78 is 69.2. The number of hydrogen-bond acceptors (Lipinski definition) is 6. The number of hydrogen-bond donors (Lipinski definition) is 2. The Kier molecular flexibility index (Phi) is 7.66. The molecular formula is C28H31F3N4O4S. The Bertz CT molecular complexity index is 1440. The van der Waals surface area contributed by atoms with E-state index in [1.54, 1.807) is 6.08 Å². The lowest BCUT2D eigenvalue weighted by Crippen LogP contribution is -2.50. The van der Waals surface area contributed by atoms with E-state index in [1.807, 2.05) is 25.1 Å². The lowest BCUT2D eigenvalue weighted by atomic mass is 9.89. The van der Waals surface area contributed by atoms with Gasteiger partial charge in [-0.05, 0) is 74.1 Å². The van der Waals surface area contributed by atoms with Crippen LogP contribution in [0.4, 0.5) is 18.9 Å². The average Bonchev–Trinajstić information content (AvgIpc) is 3.51. The summed E-state index contributed by atoms with van der Waals surface area (Å²) in [6.45, 7) is 2.10. The van der Waals surface area contributed by atoms with Gasteiger partial charge in [-0.3, -0.25) is 9.79 Å². The third kappa shape index (κ3) is 6.33. The van der Waals surface area contributed by atoms with Crippen molar-refractivity contribution in [3.05, 3.63) is 64.6 Å². The lowest BCUT2D eigenvalue weighted by Gasteiger charge is -2.34. The van der Waals surface area contributed by atoms with Crippen molar-refractivity contribution in [1.29, 1.82) is 0 Å². The molecule has 2 N–H and O–H groups in total. The third-order valence-corrected chi connectivity index (χ3v) is 9.21.